The Hall–Kier alpha value is -1.97. The van der Waals surface area contributed by atoms with Crippen LogP contribution in [0.4, 0.5) is 0 Å². The minimum absolute atomic E-state index is 0.234. The van der Waals surface area contributed by atoms with E-state index in [0.29, 0.717) is 28.6 Å². The van der Waals surface area contributed by atoms with Gasteiger partial charge in [-0.1, -0.05) is 79.1 Å². The summed E-state index contributed by atoms with van der Waals surface area (Å²) in [6, 6.07) is 7.51. The molecule has 2 N–H and O–H groups in total. The molecule has 0 aromatic carbocycles. The van der Waals surface area contributed by atoms with E-state index in [-0.39, 0.29) is 5.63 Å². The molecule has 0 aliphatic carbocycles. The van der Waals surface area contributed by atoms with Crippen molar-refractivity contribution in [2.24, 2.45) is 11.8 Å². The van der Waals surface area contributed by atoms with Crippen LogP contribution in [0.5, 0.6) is 5.75 Å². The molecule has 0 aliphatic heterocycles. The van der Waals surface area contributed by atoms with Gasteiger partial charge in [-0.25, -0.2) is 4.79 Å². The third-order valence-electron chi connectivity index (χ3n) is 8.28. The summed E-state index contributed by atoms with van der Waals surface area (Å²) < 4.78 is 7.25. The second kappa shape index (κ2) is 15.7. The van der Waals surface area contributed by atoms with Crippen molar-refractivity contribution < 1.29 is 14.6 Å². The highest BCUT2D eigenvalue weighted by Gasteiger charge is 2.37. The fourth-order valence-electron chi connectivity index (χ4n) is 5.81. The molecule has 0 fully saturated rings. The standard InChI is InChI=1S/C25H40O2S2.C9H4O2S2/c1-5-9-11-19(7-3)17-25(27,18-20(8-4)12-10-6-2)21-13-15-28-23(21)24-22(26)14-16-29-24;10-9-5-1-3-12-7(5)8-6(11-9)2-4-13-8/h13-16,19-20,26-27H,5-12,17-18H2,1-4H3;1-4H. The Bertz CT molecular complexity index is 1550. The lowest BCUT2D eigenvalue weighted by molar-refractivity contribution is -0.0153. The Kier molecular flexibility index (Phi) is 12.3. The summed E-state index contributed by atoms with van der Waals surface area (Å²) in [6.45, 7) is 9.00. The van der Waals surface area contributed by atoms with Crippen molar-refractivity contribution in [3.05, 3.63) is 61.8 Å². The maximum Gasteiger partial charge on any atom is 0.345 e. The average molecular weight is 645 g/mol. The van der Waals surface area contributed by atoms with E-state index in [1.54, 1.807) is 51.4 Å². The molecule has 228 valence electrons. The molecule has 0 aliphatic rings. The number of unbranched alkanes of at least 4 members (excludes halogenated alkanes) is 2. The molecular formula is C34H44O4S4. The van der Waals surface area contributed by atoms with Gasteiger partial charge in [-0.3, -0.25) is 0 Å². The zero-order chi connectivity index (χ0) is 30.1. The van der Waals surface area contributed by atoms with Gasteiger partial charge in [-0.2, -0.15) is 0 Å². The van der Waals surface area contributed by atoms with Crippen LogP contribution in [-0.4, -0.2) is 10.2 Å². The van der Waals surface area contributed by atoms with E-state index in [2.05, 4.69) is 39.1 Å². The van der Waals surface area contributed by atoms with Crippen LogP contribution in [0.2, 0.25) is 0 Å². The topological polar surface area (TPSA) is 70.7 Å². The third-order valence-corrected chi connectivity index (χ3v) is 12.2. The Labute approximate surface area is 265 Å². The summed E-state index contributed by atoms with van der Waals surface area (Å²) >= 11 is 6.40. The van der Waals surface area contributed by atoms with Gasteiger partial charge in [0.05, 0.1) is 30.1 Å². The van der Waals surface area contributed by atoms with Gasteiger partial charge in [0.1, 0.15) is 5.75 Å². The first kappa shape index (κ1) is 32.9. The van der Waals surface area contributed by atoms with Crippen molar-refractivity contribution in [2.75, 3.05) is 0 Å². The SMILES string of the molecule is CCCCC(CC)CC(O)(CC(CC)CCCC)c1ccsc1-c1sccc1O.O=c1oc2ccsc2c2sccc12. The Balaban J connectivity index is 0.000000254. The van der Waals surface area contributed by atoms with E-state index >= 15 is 0 Å². The lowest BCUT2D eigenvalue weighted by Gasteiger charge is -2.35. The average Bonchev–Trinajstić information content (AvgIpc) is 3.80. The van der Waals surface area contributed by atoms with E-state index in [9.17, 15) is 15.0 Å². The molecule has 0 amide bonds. The smallest absolute Gasteiger partial charge is 0.345 e. The number of aliphatic hydroxyl groups is 1. The minimum atomic E-state index is -0.825. The van der Waals surface area contributed by atoms with E-state index in [1.165, 1.54) is 38.5 Å². The molecule has 4 nitrogen and oxygen atoms in total. The largest absolute Gasteiger partial charge is 0.506 e. The van der Waals surface area contributed by atoms with Gasteiger partial charge < -0.3 is 14.6 Å². The van der Waals surface area contributed by atoms with E-state index in [1.807, 2.05) is 28.3 Å². The van der Waals surface area contributed by atoms with E-state index < -0.39 is 5.60 Å². The minimum Gasteiger partial charge on any atom is -0.506 e. The van der Waals surface area contributed by atoms with Crippen molar-refractivity contribution in [3.63, 3.8) is 0 Å². The van der Waals surface area contributed by atoms with E-state index in [4.69, 9.17) is 4.42 Å². The summed E-state index contributed by atoms with van der Waals surface area (Å²) in [5, 5.41) is 31.1. The Morgan fingerprint density at radius 2 is 1.33 bits per heavy atom. The molecule has 2 unspecified atom stereocenters. The summed E-state index contributed by atoms with van der Waals surface area (Å²) in [5.41, 5.74) is 0.673. The molecular weight excluding hydrogens is 601 g/mol. The molecule has 0 saturated heterocycles. The molecule has 0 saturated carbocycles. The zero-order valence-electron chi connectivity index (χ0n) is 25.2. The lowest BCUT2D eigenvalue weighted by atomic mass is 9.75. The van der Waals surface area contributed by atoms with Crippen LogP contribution in [-0.2, 0) is 5.60 Å². The highest BCUT2D eigenvalue weighted by Crippen LogP contribution is 2.48. The third kappa shape index (κ3) is 7.75. The normalized spacial score (nSPS) is 14.5. The number of aromatic hydroxyl groups is 1. The van der Waals surface area contributed by atoms with Gasteiger partial charge in [0.15, 0.2) is 5.58 Å². The molecule has 8 heteroatoms. The van der Waals surface area contributed by atoms with Crippen LogP contribution >= 0.6 is 45.3 Å². The second-order valence-electron chi connectivity index (χ2n) is 11.2. The number of thiophene rings is 4. The number of rotatable bonds is 14. The summed E-state index contributed by atoms with van der Waals surface area (Å²) in [4.78, 5) is 13.3. The van der Waals surface area contributed by atoms with E-state index in [0.717, 1.165) is 50.4 Å². The predicted molar refractivity (Wildman–Crippen MR) is 185 cm³/mol. The molecule has 0 bridgehead atoms. The summed E-state index contributed by atoms with van der Waals surface area (Å²) in [7, 11) is 0. The molecule has 42 heavy (non-hydrogen) atoms. The van der Waals surface area contributed by atoms with Crippen molar-refractivity contribution in [3.8, 4) is 15.5 Å². The van der Waals surface area contributed by atoms with Crippen molar-refractivity contribution in [1.82, 2.24) is 0 Å². The zero-order valence-corrected chi connectivity index (χ0v) is 28.5. The van der Waals surface area contributed by atoms with Crippen LogP contribution in [0, 0.1) is 11.8 Å². The molecule has 5 aromatic heterocycles. The maximum atomic E-state index is 12.2. The molecule has 5 rings (SSSR count). The molecule has 0 spiro atoms. The first-order chi connectivity index (χ1) is 20.3. The van der Waals surface area contributed by atoms with Crippen LogP contribution < -0.4 is 5.63 Å². The van der Waals surface area contributed by atoms with Crippen molar-refractivity contribution in [1.29, 1.82) is 0 Å². The molecule has 5 heterocycles. The lowest BCUT2D eigenvalue weighted by Crippen LogP contribution is -2.32. The summed E-state index contributed by atoms with van der Waals surface area (Å²) in [5.74, 6) is 1.40. The van der Waals surface area contributed by atoms with Gasteiger partial charge in [-0.15, -0.1) is 45.3 Å². The fraction of sp³-hybridized carbons (Fsp3) is 0.500. The quantitative estimate of drug-likeness (QED) is 0.126. The molecule has 2 atom stereocenters. The summed E-state index contributed by atoms with van der Waals surface area (Å²) in [6.07, 6.45) is 11.1. The van der Waals surface area contributed by atoms with Crippen LogP contribution in [0.3, 0.4) is 0 Å². The van der Waals surface area contributed by atoms with Gasteiger partial charge in [0, 0.05) is 5.56 Å². The van der Waals surface area contributed by atoms with Gasteiger partial charge in [-0.05, 0) is 70.5 Å². The fourth-order valence-corrected chi connectivity index (χ4v) is 9.66. The number of hydrogen-bond acceptors (Lipinski definition) is 8. The number of hydrogen-bond donors (Lipinski definition) is 2. The highest BCUT2D eigenvalue weighted by atomic mass is 32.1. The van der Waals surface area contributed by atoms with Crippen molar-refractivity contribution in [2.45, 2.75) is 97.5 Å². The maximum absolute atomic E-state index is 12.2. The Morgan fingerprint density at radius 1 is 0.762 bits per heavy atom. The van der Waals surface area contributed by atoms with Gasteiger partial charge >= 0.3 is 5.63 Å². The van der Waals surface area contributed by atoms with Crippen LogP contribution in [0.25, 0.3) is 30.1 Å². The monoisotopic (exact) mass is 644 g/mol. The second-order valence-corrected chi connectivity index (χ2v) is 14.9. The Morgan fingerprint density at radius 3 is 1.93 bits per heavy atom. The molecule has 5 aromatic rings. The highest BCUT2D eigenvalue weighted by molar-refractivity contribution is 7.25. The van der Waals surface area contributed by atoms with Gasteiger partial charge in [0.25, 0.3) is 0 Å². The van der Waals surface area contributed by atoms with Crippen LogP contribution in [0.1, 0.15) is 97.5 Å². The number of fused-ring (bicyclic) bond motifs is 3. The first-order valence-electron chi connectivity index (χ1n) is 15.3. The molecule has 0 radical (unpaired) electrons. The van der Waals surface area contributed by atoms with Gasteiger partial charge in [0.2, 0.25) is 0 Å². The predicted octanol–water partition coefficient (Wildman–Crippen LogP) is 11.7. The van der Waals surface area contributed by atoms with Crippen LogP contribution in [0.15, 0.2) is 55.0 Å². The van der Waals surface area contributed by atoms with Crippen molar-refractivity contribution >= 4 is 65.7 Å². The first-order valence-corrected chi connectivity index (χ1v) is 18.8.